The van der Waals surface area contributed by atoms with Gasteiger partial charge in [-0.1, -0.05) is 18.2 Å². The first kappa shape index (κ1) is 18.1. The molecule has 0 aliphatic carbocycles. The van der Waals surface area contributed by atoms with Crippen LogP contribution in [0.4, 0.5) is 35.9 Å². The Kier molecular flexibility index (Phi) is 4.40. The molecule has 0 amide bonds. The van der Waals surface area contributed by atoms with Crippen LogP contribution in [0.25, 0.3) is 10.8 Å². The molecule has 0 aromatic heterocycles. The van der Waals surface area contributed by atoms with Gasteiger partial charge in [0.25, 0.3) is 11.4 Å². The molecule has 3 rings (SSSR count). The van der Waals surface area contributed by atoms with E-state index < -0.39 is 33.0 Å². The number of benzene rings is 3. The summed E-state index contributed by atoms with van der Waals surface area (Å²) in [4.78, 5) is 21.1. The largest absolute Gasteiger partial charge is 0.416 e. The summed E-state index contributed by atoms with van der Waals surface area (Å²) in [6.45, 7) is 0. The van der Waals surface area contributed by atoms with Crippen LogP contribution in [0.1, 0.15) is 5.56 Å². The molecule has 0 saturated carbocycles. The van der Waals surface area contributed by atoms with Crippen molar-refractivity contribution in [1.29, 1.82) is 0 Å². The fraction of sp³-hybridized carbons (Fsp3) is 0.0588. The summed E-state index contributed by atoms with van der Waals surface area (Å²) in [6.07, 6.45) is -4.51. The molecule has 138 valence electrons. The molecular weight excluding hydrogens is 367 g/mol. The molecule has 3 aromatic carbocycles. The third-order valence-electron chi connectivity index (χ3n) is 3.88. The quantitative estimate of drug-likeness (QED) is 0.484. The summed E-state index contributed by atoms with van der Waals surface area (Å²) in [7, 11) is 0. The number of nitrogens with one attached hydrogen (secondary N) is 1. The summed E-state index contributed by atoms with van der Waals surface area (Å²) in [6, 6.07) is 10.7. The molecule has 3 aromatic rings. The maximum Gasteiger partial charge on any atom is 0.416 e. The van der Waals surface area contributed by atoms with Gasteiger partial charge >= 0.3 is 6.18 Å². The first-order chi connectivity index (χ1) is 12.7. The lowest BCUT2D eigenvalue weighted by Crippen LogP contribution is -2.05. The van der Waals surface area contributed by atoms with Crippen molar-refractivity contribution in [3.8, 4) is 0 Å². The zero-order valence-electron chi connectivity index (χ0n) is 13.4. The summed E-state index contributed by atoms with van der Waals surface area (Å²) in [5, 5.41) is 25.7. The number of halogens is 3. The lowest BCUT2D eigenvalue weighted by atomic mass is 10.0. The molecule has 0 spiro atoms. The number of fused-ring (bicyclic) bond motifs is 1. The molecule has 0 unspecified atom stereocenters. The molecule has 0 fully saturated rings. The fourth-order valence-corrected chi connectivity index (χ4v) is 2.66. The second-order valence-electron chi connectivity index (χ2n) is 5.55. The van der Waals surface area contributed by atoms with Gasteiger partial charge < -0.3 is 5.32 Å². The predicted octanol–water partition coefficient (Wildman–Crippen LogP) is 5.42. The topological polar surface area (TPSA) is 98.3 Å². The van der Waals surface area contributed by atoms with Crippen molar-refractivity contribution in [1.82, 2.24) is 0 Å². The van der Waals surface area contributed by atoms with E-state index in [0.717, 1.165) is 30.3 Å². The average Bonchev–Trinajstić information content (AvgIpc) is 2.61. The number of anilines is 2. The monoisotopic (exact) mass is 377 g/mol. The van der Waals surface area contributed by atoms with Crippen LogP contribution in [-0.4, -0.2) is 9.85 Å². The minimum absolute atomic E-state index is 0.0408. The Morgan fingerprint density at radius 3 is 1.89 bits per heavy atom. The number of non-ortho nitro benzene ring substituents is 1. The molecule has 10 heteroatoms. The zero-order valence-corrected chi connectivity index (χ0v) is 13.4. The van der Waals surface area contributed by atoms with Crippen LogP contribution in [0.2, 0.25) is 0 Å². The summed E-state index contributed by atoms with van der Waals surface area (Å²) >= 11 is 0. The molecule has 0 saturated heterocycles. The van der Waals surface area contributed by atoms with Crippen LogP contribution < -0.4 is 5.32 Å². The van der Waals surface area contributed by atoms with Gasteiger partial charge in [0.15, 0.2) is 0 Å². The van der Waals surface area contributed by atoms with Crippen molar-refractivity contribution in [2.75, 3.05) is 5.32 Å². The molecule has 0 atom stereocenters. The van der Waals surface area contributed by atoms with Gasteiger partial charge in [-0.2, -0.15) is 13.2 Å². The molecule has 1 N–H and O–H groups in total. The summed E-state index contributed by atoms with van der Waals surface area (Å²) in [5.74, 6) is 0. The number of hydrogen-bond donors (Lipinski definition) is 1. The molecule has 27 heavy (non-hydrogen) atoms. The molecule has 0 radical (unpaired) electrons. The lowest BCUT2D eigenvalue weighted by Gasteiger charge is -2.12. The molecule has 0 aliphatic heterocycles. The maximum atomic E-state index is 12.7. The van der Waals surface area contributed by atoms with E-state index in [4.69, 9.17) is 0 Å². The van der Waals surface area contributed by atoms with Crippen molar-refractivity contribution in [2.45, 2.75) is 6.18 Å². The van der Waals surface area contributed by atoms with E-state index in [1.165, 1.54) is 12.1 Å². The van der Waals surface area contributed by atoms with E-state index in [9.17, 15) is 33.4 Å². The van der Waals surface area contributed by atoms with Crippen molar-refractivity contribution in [2.24, 2.45) is 0 Å². The highest BCUT2D eigenvalue weighted by atomic mass is 19.4. The molecular formula is C17H10F3N3O4. The van der Waals surface area contributed by atoms with Gasteiger partial charge in [-0.05, 0) is 30.3 Å². The molecule has 0 aliphatic rings. The van der Waals surface area contributed by atoms with E-state index in [2.05, 4.69) is 5.32 Å². The standard InChI is InChI=1S/C17H10F3N3O4/c18-17(19,20)10-5-7-11(8-6-10)21-16-13-4-2-1-3-12(13)14(22(24)25)9-15(16)23(26)27/h1-9,21H. The molecule has 0 heterocycles. The van der Waals surface area contributed by atoms with Gasteiger partial charge in [0.1, 0.15) is 5.69 Å². The van der Waals surface area contributed by atoms with Crippen LogP contribution in [-0.2, 0) is 6.18 Å². The molecule has 7 nitrogen and oxygen atoms in total. The SMILES string of the molecule is O=[N+]([O-])c1cc([N+](=O)[O-])c2ccccc2c1Nc1ccc(C(F)(F)F)cc1. The van der Waals surface area contributed by atoms with Gasteiger partial charge in [0.2, 0.25) is 0 Å². The Bertz CT molecular complexity index is 1050. The Labute approximate surface area is 149 Å². The number of nitro benzene ring substituents is 2. The highest BCUT2D eigenvalue weighted by Crippen LogP contribution is 2.41. The second-order valence-corrected chi connectivity index (χ2v) is 5.55. The van der Waals surface area contributed by atoms with Crippen LogP contribution >= 0.6 is 0 Å². The number of alkyl halides is 3. The number of rotatable bonds is 4. The Hall–Kier alpha value is -3.69. The van der Waals surface area contributed by atoms with Crippen molar-refractivity contribution < 1.29 is 23.0 Å². The Balaban J connectivity index is 2.16. The van der Waals surface area contributed by atoms with Crippen molar-refractivity contribution in [3.05, 3.63) is 80.4 Å². The smallest absolute Gasteiger partial charge is 0.349 e. The highest BCUT2D eigenvalue weighted by molar-refractivity contribution is 6.04. The van der Waals surface area contributed by atoms with Crippen LogP contribution in [0.15, 0.2) is 54.6 Å². The summed E-state index contributed by atoms with van der Waals surface area (Å²) < 4.78 is 38.0. The van der Waals surface area contributed by atoms with Crippen molar-refractivity contribution in [3.63, 3.8) is 0 Å². The third kappa shape index (κ3) is 3.50. The van der Waals surface area contributed by atoms with E-state index in [-0.39, 0.29) is 22.1 Å². The van der Waals surface area contributed by atoms with E-state index in [1.807, 2.05) is 0 Å². The fourth-order valence-electron chi connectivity index (χ4n) is 2.66. The third-order valence-corrected chi connectivity index (χ3v) is 3.88. The minimum atomic E-state index is -4.51. The molecule has 0 bridgehead atoms. The average molecular weight is 377 g/mol. The maximum absolute atomic E-state index is 12.7. The van der Waals surface area contributed by atoms with Gasteiger partial charge in [-0.25, -0.2) is 0 Å². The van der Waals surface area contributed by atoms with Crippen LogP contribution in [0, 0.1) is 20.2 Å². The van der Waals surface area contributed by atoms with Gasteiger partial charge in [-0.3, -0.25) is 20.2 Å². The van der Waals surface area contributed by atoms with Crippen molar-refractivity contribution >= 4 is 33.5 Å². The number of nitrogens with zero attached hydrogens (tertiary/aromatic N) is 2. The van der Waals surface area contributed by atoms with Gasteiger partial charge in [0, 0.05) is 11.1 Å². The normalized spacial score (nSPS) is 11.4. The van der Waals surface area contributed by atoms with E-state index >= 15 is 0 Å². The highest BCUT2D eigenvalue weighted by Gasteiger charge is 2.30. The van der Waals surface area contributed by atoms with E-state index in [1.54, 1.807) is 12.1 Å². The van der Waals surface area contributed by atoms with Crippen LogP contribution in [0.5, 0.6) is 0 Å². The van der Waals surface area contributed by atoms with Gasteiger partial charge in [0.05, 0.1) is 26.9 Å². The van der Waals surface area contributed by atoms with Gasteiger partial charge in [-0.15, -0.1) is 0 Å². The van der Waals surface area contributed by atoms with Crippen LogP contribution in [0.3, 0.4) is 0 Å². The lowest BCUT2D eigenvalue weighted by molar-refractivity contribution is -0.392. The Morgan fingerprint density at radius 2 is 1.37 bits per heavy atom. The first-order valence-corrected chi connectivity index (χ1v) is 7.47. The number of hydrogen-bond acceptors (Lipinski definition) is 5. The number of nitro groups is 2. The predicted molar refractivity (Wildman–Crippen MR) is 92.0 cm³/mol. The zero-order chi connectivity index (χ0) is 19.8. The Morgan fingerprint density at radius 1 is 0.815 bits per heavy atom. The minimum Gasteiger partial charge on any atom is -0.349 e. The van der Waals surface area contributed by atoms with E-state index in [0.29, 0.717) is 0 Å². The summed E-state index contributed by atoms with van der Waals surface area (Å²) in [5.41, 5.74) is -1.72. The second kappa shape index (κ2) is 6.56. The first-order valence-electron chi connectivity index (χ1n) is 7.47.